The average Bonchev–Trinajstić information content (AvgIpc) is 2.83. The normalized spacial score (nSPS) is 35.9. The second-order valence-electron chi connectivity index (χ2n) is 6.78. The lowest BCUT2D eigenvalue weighted by atomic mass is 9.68. The molecule has 0 radical (unpaired) electrons. The van der Waals surface area contributed by atoms with E-state index in [9.17, 15) is 31.1 Å². The molecule has 0 saturated heterocycles. The van der Waals surface area contributed by atoms with Crippen LogP contribution in [0, 0.1) is 35.0 Å². The molecule has 128 valence electrons. The second kappa shape index (κ2) is 5.03. The van der Waals surface area contributed by atoms with E-state index in [1.807, 2.05) is 13.8 Å². The zero-order valence-corrected chi connectivity index (χ0v) is 12.1. The number of carboxylic acid groups (broad SMARTS) is 1. The molecule has 0 aromatic heterocycles. The number of fused-ring (bicyclic) bond motifs is 2. The molecule has 2 aliphatic carbocycles. The molecule has 0 spiro atoms. The van der Waals surface area contributed by atoms with Crippen molar-refractivity contribution < 1.29 is 36.2 Å². The first-order chi connectivity index (χ1) is 9.83. The van der Waals surface area contributed by atoms with Gasteiger partial charge >= 0.3 is 18.3 Å². The summed E-state index contributed by atoms with van der Waals surface area (Å²) < 4.78 is 78.5. The minimum absolute atomic E-state index is 0.0247. The van der Waals surface area contributed by atoms with Gasteiger partial charge in [0.15, 0.2) is 0 Å². The first kappa shape index (κ1) is 17.4. The van der Waals surface area contributed by atoms with Crippen molar-refractivity contribution in [2.24, 2.45) is 35.0 Å². The Bertz CT molecular complexity index is 439. The summed E-state index contributed by atoms with van der Waals surface area (Å²) in [6.07, 6.45) is -12.3. The summed E-state index contributed by atoms with van der Waals surface area (Å²) in [5.74, 6) is -3.58. The highest BCUT2D eigenvalue weighted by Gasteiger charge is 2.76. The average molecular weight is 332 g/mol. The van der Waals surface area contributed by atoms with Crippen LogP contribution in [0.4, 0.5) is 26.3 Å². The molecular weight excluding hydrogens is 314 g/mol. The van der Waals surface area contributed by atoms with Gasteiger partial charge in [0.1, 0.15) is 0 Å². The Labute approximate surface area is 123 Å². The van der Waals surface area contributed by atoms with Crippen LogP contribution < -0.4 is 0 Å². The van der Waals surface area contributed by atoms with Crippen LogP contribution in [0.15, 0.2) is 0 Å². The highest BCUT2D eigenvalue weighted by molar-refractivity contribution is 5.77. The Hall–Kier alpha value is -0.950. The van der Waals surface area contributed by atoms with Gasteiger partial charge < -0.3 is 5.11 Å². The molecule has 2 saturated carbocycles. The summed E-state index contributed by atoms with van der Waals surface area (Å²) in [7, 11) is 0. The molecule has 0 aromatic rings. The van der Waals surface area contributed by atoms with E-state index < -0.39 is 36.1 Å². The van der Waals surface area contributed by atoms with Gasteiger partial charge in [0, 0.05) is 0 Å². The van der Waals surface area contributed by atoms with Crippen molar-refractivity contribution in [3.05, 3.63) is 0 Å². The maximum atomic E-state index is 13.1. The standard InChI is InChI=1S/C14H18F6O2/c1-6-7(2)10-4-8(6)3-9(10)5-12(11(21)22,13(15,16)17)14(18,19)20/h6-10H,3-5H2,1-2H3,(H,21,22). The van der Waals surface area contributed by atoms with Crippen LogP contribution in [0.25, 0.3) is 0 Å². The SMILES string of the molecule is CC1C2CC(CC(C(=O)O)(C(F)(F)F)C(F)(F)F)C(C2)C1C. The minimum Gasteiger partial charge on any atom is -0.480 e. The van der Waals surface area contributed by atoms with Gasteiger partial charge in [-0.1, -0.05) is 13.8 Å². The number of aliphatic carboxylic acids is 1. The largest absolute Gasteiger partial charge is 0.480 e. The molecule has 0 aliphatic heterocycles. The Kier molecular flexibility index (Phi) is 3.98. The summed E-state index contributed by atoms with van der Waals surface area (Å²) >= 11 is 0. The van der Waals surface area contributed by atoms with E-state index >= 15 is 0 Å². The van der Waals surface area contributed by atoms with Gasteiger partial charge in [-0.05, 0) is 48.9 Å². The van der Waals surface area contributed by atoms with Crippen LogP contribution in [0.2, 0.25) is 0 Å². The van der Waals surface area contributed by atoms with Crippen molar-refractivity contribution in [3.8, 4) is 0 Å². The van der Waals surface area contributed by atoms with Crippen LogP contribution in [0.1, 0.15) is 33.1 Å². The van der Waals surface area contributed by atoms with Crippen LogP contribution in [-0.2, 0) is 4.79 Å². The molecule has 2 bridgehead atoms. The van der Waals surface area contributed by atoms with Gasteiger partial charge in [0.05, 0.1) is 0 Å². The molecule has 0 aromatic carbocycles. The first-order valence-corrected chi connectivity index (χ1v) is 7.19. The minimum atomic E-state index is -5.87. The summed E-state index contributed by atoms with van der Waals surface area (Å²) in [5.41, 5.74) is -4.67. The third-order valence-electron chi connectivity index (χ3n) is 5.94. The fraction of sp³-hybridized carbons (Fsp3) is 0.929. The number of rotatable bonds is 3. The molecule has 0 heterocycles. The molecule has 5 atom stereocenters. The van der Waals surface area contributed by atoms with Crippen molar-refractivity contribution in [2.45, 2.75) is 45.5 Å². The Morgan fingerprint density at radius 2 is 1.50 bits per heavy atom. The van der Waals surface area contributed by atoms with Crippen LogP contribution in [0.5, 0.6) is 0 Å². The monoisotopic (exact) mass is 332 g/mol. The maximum Gasteiger partial charge on any atom is 0.413 e. The van der Waals surface area contributed by atoms with Crippen molar-refractivity contribution in [2.75, 3.05) is 0 Å². The molecule has 1 N–H and O–H groups in total. The fourth-order valence-electron chi connectivity index (χ4n) is 4.44. The van der Waals surface area contributed by atoms with E-state index in [0.29, 0.717) is 6.42 Å². The zero-order valence-electron chi connectivity index (χ0n) is 12.1. The van der Waals surface area contributed by atoms with Crippen molar-refractivity contribution in [1.82, 2.24) is 0 Å². The van der Waals surface area contributed by atoms with Gasteiger partial charge in [0.2, 0.25) is 0 Å². The van der Waals surface area contributed by atoms with E-state index in [0.717, 1.165) is 0 Å². The Balaban J connectivity index is 2.35. The zero-order chi connectivity index (χ0) is 17.1. The molecular formula is C14H18F6O2. The third-order valence-corrected chi connectivity index (χ3v) is 5.94. The van der Waals surface area contributed by atoms with E-state index in [2.05, 4.69) is 0 Å². The molecule has 22 heavy (non-hydrogen) atoms. The molecule has 2 nitrogen and oxygen atoms in total. The Morgan fingerprint density at radius 3 is 1.82 bits per heavy atom. The van der Waals surface area contributed by atoms with E-state index in [1.165, 1.54) is 0 Å². The number of alkyl halides is 6. The summed E-state index contributed by atoms with van der Waals surface area (Å²) in [4.78, 5) is 11.0. The van der Waals surface area contributed by atoms with Gasteiger partial charge in [-0.3, -0.25) is 4.79 Å². The van der Waals surface area contributed by atoms with E-state index in [-0.39, 0.29) is 30.1 Å². The quantitative estimate of drug-likeness (QED) is 0.773. The predicted molar refractivity (Wildman–Crippen MR) is 64.8 cm³/mol. The third kappa shape index (κ3) is 2.29. The van der Waals surface area contributed by atoms with Crippen molar-refractivity contribution in [3.63, 3.8) is 0 Å². The van der Waals surface area contributed by atoms with E-state index in [1.54, 1.807) is 0 Å². The summed E-state index contributed by atoms with van der Waals surface area (Å²) in [6, 6.07) is 0. The predicted octanol–water partition coefficient (Wildman–Crippen LogP) is 4.50. The van der Waals surface area contributed by atoms with Crippen LogP contribution in [-0.4, -0.2) is 23.4 Å². The van der Waals surface area contributed by atoms with Gasteiger partial charge in [-0.25, -0.2) is 0 Å². The number of carboxylic acids is 1. The molecule has 2 aliphatic rings. The van der Waals surface area contributed by atoms with Gasteiger partial charge in [-0.15, -0.1) is 0 Å². The number of halogens is 6. The van der Waals surface area contributed by atoms with Crippen LogP contribution >= 0.6 is 0 Å². The molecule has 5 unspecified atom stereocenters. The molecule has 0 amide bonds. The van der Waals surface area contributed by atoms with Crippen molar-refractivity contribution in [1.29, 1.82) is 0 Å². The highest BCUT2D eigenvalue weighted by Crippen LogP contribution is 2.61. The lowest BCUT2D eigenvalue weighted by Crippen LogP contribution is -2.57. The molecule has 2 fully saturated rings. The van der Waals surface area contributed by atoms with Crippen LogP contribution in [0.3, 0.4) is 0 Å². The summed E-state index contributed by atoms with van der Waals surface area (Å²) in [6.45, 7) is 3.77. The Morgan fingerprint density at radius 1 is 1.00 bits per heavy atom. The van der Waals surface area contributed by atoms with Gasteiger partial charge in [-0.2, -0.15) is 26.3 Å². The number of carbonyl (C=O) groups is 1. The smallest absolute Gasteiger partial charge is 0.413 e. The number of hydrogen-bond acceptors (Lipinski definition) is 1. The highest BCUT2D eigenvalue weighted by atomic mass is 19.4. The maximum absolute atomic E-state index is 13.1. The topological polar surface area (TPSA) is 37.3 Å². The van der Waals surface area contributed by atoms with E-state index in [4.69, 9.17) is 5.11 Å². The molecule has 2 rings (SSSR count). The fourth-order valence-corrected chi connectivity index (χ4v) is 4.44. The van der Waals surface area contributed by atoms with Gasteiger partial charge in [0.25, 0.3) is 5.41 Å². The first-order valence-electron chi connectivity index (χ1n) is 7.19. The number of hydrogen-bond donors (Lipinski definition) is 1. The second-order valence-corrected chi connectivity index (χ2v) is 6.78. The lowest BCUT2D eigenvalue weighted by molar-refractivity contribution is -0.336. The lowest BCUT2D eigenvalue weighted by Gasteiger charge is -2.39. The summed E-state index contributed by atoms with van der Waals surface area (Å²) in [5, 5.41) is 8.80. The molecule has 8 heteroatoms. The van der Waals surface area contributed by atoms with Crippen molar-refractivity contribution >= 4 is 5.97 Å².